The second kappa shape index (κ2) is 5.93. The first-order valence-electron chi connectivity index (χ1n) is 7.92. The van der Waals surface area contributed by atoms with Gasteiger partial charge < -0.3 is 16.3 Å². The molecular weight excluding hydrogens is 304 g/mol. The number of rotatable bonds is 4. The molecule has 0 saturated carbocycles. The standard InChI is InChI=1S/C17H18N6O/c18-6-5-15-17(23-8-7-19-10-16(23)21-15)20-12-2-3-13-11(9-12)1-4-14(13)22-24/h2-3,7-10,20,24H,1,4-6,18H2/b22-14+. The van der Waals surface area contributed by atoms with Gasteiger partial charge in [-0.2, -0.15) is 0 Å². The Labute approximate surface area is 138 Å². The van der Waals surface area contributed by atoms with Crippen molar-refractivity contribution in [1.82, 2.24) is 14.4 Å². The van der Waals surface area contributed by atoms with Crippen molar-refractivity contribution in [2.24, 2.45) is 10.9 Å². The van der Waals surface area contributed by atoms with Gasteiger partial charge in [0.2, 0.25) is 0 Å². The van der Waals surface area contributed by atoms with Gasteiger partial charge in [0, 0.05) is 30.1 Å². The Hall–Kier alpha value is -2.93. The van der Waals surface area contributed by atoms with Crippen LogP contribution < -0.4 is 11.1 Å². The predicted octanol–water partition coefficient (Wildman–Crippen LogP) is 2.10. The summed E-state index contributed by atoms with van der Waals surface area (Å²) >= 11 is 0. The van der Waals surface area contributed by atoms with Crippen LogP contribution in [0.1, 0.15) is 23.2 Å². The van der Waals surface area contributed by atoms with Crippen LogP contribution in [0.5, 0.6) is 0 Å². The molecule has 1 aliphatic carbocycles. The lowest BCUT2D eigenvalue weighted by Crippen LogP contribution is -2.06. The second-order valence-electron chi connectivity index (χ2n) is 5.79. The van der Waals surface area contributed by atoms with Gasteiger partial charge in [-0.3, -0.25) is 9.38 Å². The summed E-state index contributed by atoms with van der Waals surface area (Å²) in [4.78, 5) is 8.72. The van der Waals surface area contributed by atoms with Crippen LogP contribution in [-0.4, -0.2) is 31.8 Å². The number of imidazole rings is 1. The normalized spacial score (nSPS) is 15.1. The Morgan fingerprint density at radius 3 is 3.08 bits per heavy atom. The monoisotopic (exact) mass is 322 g/mol. The van der Waals surface area contributed by atoms with Crippen molar-refractivity contribution in [2.45, 2.75) is 19.3 Å². The molecule has 0 spiro atoms. The summed E-state index contributed by atoms with van der Waals surface area (Å²) in [6.45, 7) is 0.534. The number of fused-ring (bicyclic) bond motifs is 2. The van der Waals surface area contributed by atoms with Crippen molar-refractivity contribution in [1.29, 1.82) is 0 Å². The Morgan fingerprint density at radius 1 is 1.33 bits per heavy atom. The number of nitrogens with zero attached hydrogens (tertiary/aromatic N) is 4. The van der Waals surface area contributed by atoms with Gasteiger partial charge in [0.1, 0.15) is 5.82 Å². The molecule has 4 rings (SSSR count). The van der Waals surface area contributed by atoms with E-state index in [4.69, 9.17) is 10.9 Å². The summed E-state index contributed by atoms with van der Waals surface area (Å²) < 4.78 is 1.98. The molecule has 3 aromatic rings. The fraction of sp³-hybridized carbons (Fsp3) is 0.235. The van der Waals surface area contributed by atoms with Crippen LogP contribution >= 0.6 is 0 Å². The van der Waals surface area contributed by atoms with Gasteiger partial charge in [0.05, 0.1) is 17.6 Å². The molecule has 0 aliphatic heterocycles. The third-order valence-electron chi connectivity index (χ3n) is 4.31. The number of aromatic nitrogens is 3. The van der Waals surface area contributed by atoms with E-state index in [0.29, 0.717) is 13.0 Å². The highest BCUT2D eigenvalue weighted by molar-refractivity contribution is 6.04. The van der Waals surface area contributed by atoms with Crippen molar-refractivity contribution in [2.75, 3.05) is 11.9 Å². The first kappa shape index (κ1) is 14.6. The molecule has 2 aromatic heterocycles. The van der Waals surface area contributed by atoms with Crippen molar-refractivity contribution >= 4 is 22.9 Å². The topological polar surface area (TPSA) is 101 Å². The highest BCUT2D eigenvalue weighted by Crippen LogP contribution is 2.28. The third kappa shape index (κ3) is 2.39. The van der Waals surface area contributed by atoms with Crippen LogP contribution in [0.15, 0.2) is 41.9 Å². The zero-order valence-corrected chi connectivity index (χ0v) is 13.1. The van der Waals surface area contributed by atoms with E-state index in [0.717, 1.165) is 47.0 Å². The van der Waals surface area contributed by atoms with Crippen LogP contribution in [0.3, 0.4) is 0 Å². The van der Waals surface area contributed by atoms with Crippen molar-refractivity contribution in [3.63, 3.8) is 0 Å². The molecule has 1 aromatic carbocycles. The summed E-state index contributed by atoms with van der Waals surface area (Å²) in [5, 5.41) is 15.9. The molecule has 122 valence electrons. The lowest BCUT2D eigenvalue weighted by molar-refractivity contribution is 0.318. The molecule has 0 atom stereocenters. The van der Waals surface area contributed by atoms with Crippen LogP contribution in [0.2, 0.25) is 0 Å². The molecule has 24 heavy (non-hydrogen) atoms. The lowest BCUT2D eigenvalue weighted by Gasteiger charge is -2.10. The van der Waals surface area contributed by atoms with Crippen molar-refractivity contribution in [3.05, 3.63) is 53.6 Å². The average Bonchev–Trinajstić information content (AvgIpc) is 3.17. The average molecular weight is 322 g/mol. The molecular formula is C17H18N6O. The van der Waals surface area contributed by atoms with Crippen LogP contribution in [0, 0.1) is 0 Å². The second-order valence-corrected chi connectivity index (χ2v) is 5.79. The number of anilines is 2. The van der Waals surface area contributed by atoms with Crippen LogP contribution in [0.25, 0.3) is 5.65 Å². The summed E-state index contributed by atoms with van der Waals surface area (Å²) in [6.07, 6.45) is 7.70. The first-order valence-corrected chi connectivity index (χ1v) is 7.92. The SMILES string of the molecule is NCCc1nc2cnccn2c1Nc1ccc2c(c1)CC/C2=N\O. The van der Waals surface area contributed by atoms with Gasteiger partial charge in [-0.25, -0.2) is 4.98 Å². The van der Waals surface area contributed by atoms with Gasteiger partial charge >= 0.3 is 0 Å². The lowest BCUT2D eigenvalue weighted by atomic mass is 10.1. The molecule has 0 unspecified atom stereocenters. The Balaban J connectivity index is 1.73. The van der Waals surface area contributed by atoms with E-state index in [9.17, 15) is 0 Å². The fourth-order valence-corrected chi connectivity index (χ4v) is 3.19. The van der Waals surface area contributed by atoms with Crippen LogP contribution in [0.4, 0.5) is 11.5 Å². The summed E-state index contributed by atoms with van der Waals surface area (Å²) in [5.74, 6) is 0.909. The minimum absolute atomic E-state index is 0.534. The summed E-state index contributed by atoms with van der Waals surface area (Å²) in [6, 6.07) is 6.08. The Morgan fingerprint density at radius 2 is 2.25 bits per heavy atom. The maximum Gasteiger partial charge on any atom is 0.157 e. The molecule has 0 bridgehead atoms. The molecule has 0 fully saturated rings. The highest BCUT2D eigenvalue weighted by atomic mass is 16.4. The number of aryl methyl sites for hydroxylation is 1. The van der Waals surface area contributed by atoms with Gasteiger partial charge in [-0.1, -0.05) is 11.2 Å². The zero-order chi connectivity index (χ0) is 16.5. The Kier molecular flexibility index (Phi) is 3.62. The molecule has 7 heteroatoms. The van der Waals surface area contributed by atoms with Crippen molar-refractivity contribution in [3.8, 4) is 0 Å². The maximum absolute atomic E-state index is 9.05. The van der Waals surface area contributed by atoms with E-state index in [1.54, 1.807) is 12.4 Å². The minimum Gasteiger partial charge on any atom is -0.411 e. The van der Waals surface area contributed by atoms with E-state index in [-0.39, 0.29) is 0 Å². The maximum atomic E-state index is 9.05. The van der Waals surface area contributed by atoms with Crippen molar-refractivity contribution < 1.29 is 5.21 Å². The molecule has 1 aliphatic rings. The number of benzene rings is 1. The molecule has 0 radical (unpaired) electrons. The first-order chi connectivity index (χ1) is 11.8. The smallest absolute Gasteiger partial charge is 0.157 e. The van der Waals surface area contributed by atoms with Gasteiger partial charge in [0.25, 0.3) is 0 Å². The third-order valence-corrected chi connectivity index (χ3v) is 4.31. The van der Waals surface area contributed by atoms with E-state index >= 15 is 0 Å². The van der Waals surface area contributed by atoms with E-state index in [1.807, 2.05) is 22.7 Å². The van der Waals surface area contributed by atoms with Gasteiger partial charge in [0.15, 0.2) is 5.65 Å². The van der Waals surface area contributed by atoms with E-state index in [2.05, 4.69) is 26.5 Å². The largest absolute Gasteiger partial charge is 0.411 e. The zero-order valence-electron chi connectivity index (χ0n) is 13.1. The minimum atomic E-state index is 0.534. The molecule has 0 amide bonds. The number of nitrogens with two attached hydrogens (primary N) is 1. The van der Waals surface area contributed by atoms with Gasteiger partial charge in [-0.05, 0) is 37.1 Å². The van der Waals surface area contributed by atoms with E-state index in [1.165, 1.54) is 5.56 Å². The fourth-order valence-electron chi connectivity index (χ4n) is 3.19. The van der Waals surface area contributed by atoms with Gasteiger partial charge in [-0.15, -0.1) is 0 Å². The molecule has 2 heterocycles. The molecule has 4 N–H and O–H groups in total. The molecule has 7 nitrogen and oxygen atoms in total. The quantitative estimate of drug-likeness (QED) is 0.504. The number of nitrogens with one attached hydrogen (secondary N) is 1. The summed E-state index contributed by atoms with van der Waals surface area (Å²) in [5.41, 5.74) is 11.4. The summed E-state index contributed by atoms with van der Waals surface area (Å²) in [7, 11) is 0. The Bertz CT molecular complexity index is 930. The number of hydrogen-bond acceptors (Lipinski definition) is 6. The number of oxime groups is 1. The van der Waals surface area contributed by atoms with Crippen LogP contribution in [-0.2, 0) is 12.8 Å². The molecule has 0 saturated heterocycles. The number of hydrogen-bond donors (Lipinski definition) is 3. The van der Waals surface area contributed by atoms with E-state index < -0.39 is 0 Å². The highest BCUT2D eigenvalue weighted by Gasteiger charge is 2.19. The predicted molar refractivity (Wildman–Crippen MR) is 92.1 cm³/mol.